The lowest BCUT2D eigenvalue weighted by molar-refractivity contribution is 1.58. The quantitative estimate of drug-likeness (QED) is 0.610. The van der Waals surface area contributed by atoms with Gasteiger partial charge < -0.3 is 0 Å². The van der Waals surface area contributed by atoms with Gasteiger partial charge in [-0.05, 0) is 18.2 Å². The number of halogens is 3. The third kappa shape index (κ3) is 1.90. The Hall–Kier alpha value is -0.170. The van der Waals surface area contributed by atoms with Crippen molar-refractivity contribution in [2.45, 2.75) is 0 Å². The zero-order valence-electron chi connectivity index (χ0n) is 5.50. The molecule has 0 fully saturated rings. The Morgan fingerprint density at radius 2 is 1.82 bits per heavy atom. The van der Waals surface area contributed by atoms with E-state index in [1.165, 1.54) is 0 Å². The first kappa shape index (κ1) is 8.92. The van der Waals surface area contributed by atoms with Crippen molar-refractivity contribution in [3.8, 4) is 0 Å². The molecule has 11 heavy (non-hydrogen) atoms. The minimum atomic E-state index is 0.422. The van der Waals surface area contributed by atoms with E-state index in [0.717, 1.165) is 0 Å². The fourth-order valence-corrected chi connectivity index (χ4v) is 1.35. The monoisotopic (exact) mass is 205 g/mol. The lowest BCUT2D eigenvalue weighted by atomic mass is 10.2. The SMILES string of the molecule is C=[C]c1cc(Cl)cc(Cl)c1Cl. The molecule has 0 heterocycles. The summed E-state index contributed by atoms with van der Waals surface area (Å²) in [4.78, 5) is 0. The van der Waals surface area contributed by atoms with E-state index in [1.54, 1.807) is 12.1 Å². The van der Waals surface area contributed by atoms with Gasteiger partial charge in [0.25, 0.3) is 0 Å². The lowest BCUT2D eigenvalue weighted by Crippen LogP contribution is -1.77. The fourth-order valence-electron chi connectivity index (χ4n) is 0.685. The van der Waals surface area contributed by atoms with Gasteiger partial charge in [-0.1, -0.05) is 41.4 Å². The van der Waals surface area contributed by atoms with Crippen LogP contribution >= 0.6 is 34.8 Å². The molecule has 1 aromatic carbocycles. The van der Waals surface area contributed by atoms with Crippen LogP contribution in [-0.2, 0) is 0 Å². The predicted molar refractivity (Wildman–Crippen MR) is 49.4 cm³/mol. The van der Waals surface area contributed by atoms with Crippen molar-refractivity contribution in [2.24, 2.45) is 0 Å². The molecular formula is C8H4Cl3. The molecule has 0 saturated heterocycles. The number of hydrogen-bond donors (Lipinski definition) is 0. The molecule has 3 heteroatoms. The third-order valence-corrected chi connectivity index (χ3v) is 2.20. The second kappa shape index (κ2) is 3.48. The van der Waals surface area contributed by atoms with Gasteiger partial charge in [0.1, 0.15) is 0 Å². The van der Waals surface area contributed by atoms with E-state index in [0.29, 0.717) is 20.6 Å². The zero-order chi connectivity index (χ0) is 8.43. The predicted octanol–water partition coefficient (Wildman–Crippen LogP) is 3.98. The fraction of sp³-hybridized carbons (Fsp3) is 0. The van der Waals surface area contributed by atoms with Gasteiger partial charge >= 0.3 is 0 Å². The Balaban J connectivity index is 3.35. The molecule has 0 aliphatic rings. The molecule has 0 atom stereocenters. The van der Waals surface area contributed by atoms with Crippen LogP contribution in [0.4, 0.5) is 0 Å². The Bertz CT molecular complexity index is 292. The highest BCUT2D eigenvalue weighted by molar-refractivity contribution is 6.43. The molecule has 1 radical (unpaired) electrons. The van der Waals surface area contributed by atoms with Crippen LogP contribution in [-0.4, -0.2) is 0 Å². The van der Waals surface area contributed by atoms with Crippen molar-refractivity contribution in [1.29, 1.82) is 0 Å². The summed E-state index contributed by atoms with van der Waals surface area (Å²) in [6, 6.07) is 3.23. The molecule has 0 N–H and O–H groups in total. The molecule has 0 nitrogen and oxygen atoms in total. The van der Waals surface area contributed by atoms with E-state index in [-0.39, 0.29) is 0 Å². The van der Waals surface area contributed by atoms with E-state index < -0.39 is 0 Å². The number of benzene rings is 1. The summed E-state index contributed by atoms with van der Waals surface area (Å²) in [5.74, 6) is 0. The maximum atomic E-state index is 5.77. The van der Waals surface area contributed by atoms with Crippen molar-refractivity contribution in [3.63, 3.8) is 0 Å². The van der Waals surface area contributed by atoms with E-state index in [1.807, 2.05) is 0 Å². The molecular weight excluding hydrogens is 202 g/mol. The molecule has 0 aromatic heterocycles. The Morgan fingerprint density at radius 1 is 1.18 bits per heavy atom. The summed E-state index contributed by atoms with van der Waals surface area (Å²) < 4.78 is 0. The minimum Gasteiger partial charge on any atom is -0.0905 e. The third-order valence-electron chi connectivity index (χ3n) is 1.18. The summed E-state index contributed by atoms with van der Waals surface area (Å²) in [7, 11) is 0. The standard InChI is InChI=1S/C8H4Cl3/c1-2-5-3-6(9)4-7(10)8(5)11/h3-4H,1H2. The number of hydrogen-bond acceptors (Lipinski definition) is 0. The van der Waals surface area contributed by atoms with E-state index in [9.17, 15) is 0 Å². The van der Waals surface area contributed by atoms with Gasteiger partial charge in [-0.15, -0.1) is 0 Å². The molecule has 0 amide bonds. The normalized spacial score (nSPS) is 9.73. The largest absolute Gasteiger partial charge is 0.0905 e. The molecule has 0 unspecified atom stereocenters. The average molecular weight is 206 g/mol. The van der Waals surface area contributed by atoms with Crippen molar-refractivity contribution in [2.75, 3.05) is 0 Å². The zero-order valence-corrected chi connectivity index (χ0v) is 7.76. The van der Waals surface area contributed by atoms with Gasteiger partial charge in [0.15, 0.2) is 0 Å². The minimum absolute atomic E-state index is 0.422. The van der Waals surface area contributed by atoms with Gasteiger partial charge in [-0.25, -0.2) is 0 Å². The van der Waals surface area contributed by atoms with E-state index in [4.69, 9.17) is 34.8 Å². The van der Waals surface area contributed by atoms with Crippen LogP contribution in [0.15, 0.2) is 18.7 Å². The van der Waals surface area contributed by atoms with Crippen LogP contribution in [0.1, 0.15) is 5.56 Å². The maximum Gasteiger partial charge on any atom is 0.0671 e. The summed E-state index contributed by atoms with van der Waals surface area (Å²) in [5.41, 5.74) is 0.629. The number of rotatable bonds is 1. The molecule has 0 spiro atoms. The van der Waals surface area contributed by atoms with Crippen LogP contribution < -0.4 is 0 Å². The Morgan fingerprint density at radius 3 is 2.36 bits per heavy atom. The van der Waals surface area contributed by atoms with Crippen LogP contribution in [0.5, 0.6) is 0 Å². The van der Waals surface area contributed by atoms with Crippen molar-refractivity contribution in [3.05, 3.63) is 45.4 Å². The highest BCUT2D eigenvalue weighted by Gasteiger charge is 2.03. The topological polar surface area (TPSA) is 0 Å². The molecule has 0 bridgehead atoms. The summed E-state index contributed by atoms with van der Waals surface area (Å²) in [5, 5.41) is 1.39. The molecule has 1 rings (SSSR count). The van der Waals surface area contributed by atoms with Crippen LogP contribution in [0, 0.1) is 6.08 Å². The first-order valence-electron chi connectivity index (χ1n) is 2.83. The van der Waals surface area contributed by atoms with Crippen molar-refractivity contribution in [1.82, 2.24) is 0 Å². The molecule has 0 saturated carbocycles. The van der Waals surface area contributed by atoms with Crippen molar-refractivity contribution >= 4 is 34.8 Å². The van der Waals surface area contributed by atoms with Crippen molar-refractivity contribution < 1.29 is 0 Å². The van der Waals surface area contributed by atoms with E-state index >= 15 is 0 Å². The Kier molecular flexibility index (Phi) is 2.83. The van der Waals surface area contributed by atoms with Gasteiger partial charge in [0.2, 0.25) is 0 Å². The van der Waals surface area contributed by atoms with Crippen LogP contribution in [0.25, 0.3) is 0 Å². The molecule has 0 aliphatic heterocycles. The van der Waals surface area contributed by atoms with Crippen LogP contribution in [0.3, 0.4) is 0 Å². The average Bonchev–Trinajstić information content (AvgIpc) is 1.96. The molecule has 0 aliphatic carbocycles. The van der Waals surface area contributed by atoms with Gasteiger partial charge in [-0.2, -0.15) is 0 Å². The maximum absolute atomic E-state index is 5.77. The Labute approximate surface area is 80.4 Å². The van der Waals surface area contributed by atoms with Gasteiger partial charge in [-0.3, -0.25) is 0 Å². The van der Waals surface area contributed by atoms with Gasteiger partial charge in [0, 0.05) is 10.6 Å². The molecule has 57 valence electrons. The van der Waals surface area contributed by atoms with Crippen LogP contribution in [0.2, 0.25) is 15.1 Å². The first-order chi connectivity index (χ1) is 5.15. The summed E-state index contributed by atoms with van der Waals surface area (Å²) in [6.45, 7) is 3.45. The lowest BCUT2D eigenvalue weighted by Gasteiger charge is -2.00. The first-order valence-corrected chi connectivity index (χ1v) is 3.96. The smallest absolute Gasteiger partial charge is 0.0671 e. The second-order valence-corrected chi connectivity index (χ2v) is 3.15. The summed E-state index contributed by atoms with van der Waals surface area (Å²) >= 11 is 17.2. The highest BCUT2D eigenvalue weighted by atomic mass is 35.5. The highest BCUT2D eigenvalue weighted by Crippen LogP contribution is 2.29. The van der Waals surface area contributed by atoms with Gasteiger partial charge in [0.05, 0.1) is 10.0 Å². The second-order valence-electron chi connectivity index (χ2n) is 1.93. The summed E-state index contributed by atoms with van der Waals surface area (Å²) in [6.07, 6.45) is 2.63. The molecule has 1 aromatic rings. The van der Waals surface area contributed by atoms with E-state index in [2.05, 4.69) is 12.7 Å².